The van der Waals surface area contributed by atoms with E-state index in [4.69, 9.17) is 4.74 Å². The van der Waals surface area contributed by atoms with Crippen LogP contribution in [0.5, 0.6) is 0 Å². The molecule has 1 N–H and O–H groups in total. The average Bonchev–Trinajstić information content (AvgIpc) is 2.37. The topological polar surface area (TPSA) is 58.6 Å². The van der Waals surface area contributed by atoms with Crippen molar-refractivity contribution in [3.63, 3.8) is 0 Å². The Morgan fingerprint density at radius 1 is 1.11 bits per heavy atom. The fourth-order valence-corrected chi connectivity index (χ4v) is 1.72. The van der Waals surface area contributed by atoms with E-state index >= 15 is 0 Å². The van der Waals surface area contributed by atoms with E-state index in [1.165, 1.54) is 4.90 Å². The van der Waals surface area contributed by atoms with E-state index in [-0.39, 0.29) is 5.69 Å². The molecule has 1 heterocycles. The van der Waals surface area contributed by atoms with Crippen LogP contribution in [0.1, 0.15) is 0 Å². The van der Waals surface area contributed by atoms with Crippen LogP contribution in [0, 0.1) is 11.6 Å². The van der Waals surface area contributed by atoms with Crippen molar-refractivity contribution in [2.45, 2.75) is 0 Å². The zero-order valence-electron chi connectivity index (χ0n) is 9.99. The molecular weight excluding hydrogens is 258 g/mol. The van der Waals surface area contributed by atoms with Crippen molar-refractivity contribution in [1.29, 1.82) is 0 Å². The highest BCUT2D eigenvalue weighted by atomic mass is 19.1. The minimum Gasteiger partial charge on any atom is -0.378 e. The Labute approximate surface area is 108 Å². The molecule has 1 aliphatic heterocycles. The summed E-state index contributed by atoms with van der Waals surface area (Å²) in [6, 6.07) is 2.56. The molecule has 1 aromatic rings. The number of carbonyl (C=O) groups is 2. The van der Waals surface area contributed by atoms with Crippen LogP contribution in [0.2, 0.25) is 0 Å². The van der Waals surface area contributed by atoms with E-state index in [9.17, 15) is 18.4 Å². The molecule has 19 heavy (non-hydrogen) atoms. The van der Waals surface area contributed by atoms with Crippen molar-refractivity contribution in [2.24, 2.45) is 0 Å². The number of benzene rings is 1. The van der Waals surface area contributed by atoms with Crippen LogP contribution in [0.15, 0.2) is 18.2 Å². The summed E-state index contributed by atoms with van der Waals surface area (Å²) in [5.41, 5.74) is -0.0934. The number of hydrogen-bond donors (Lipinski definition) is 1. The SMILES string of the molecule is O=C(Nc1cc(F)cc(F)c1)C(=O)N1CCOCC1. The van der Waals surface area contributed by atoms with Crippen molar-refractivity contribution in [3.8, 4) is 0 Å². The van der Waals surface area contributed by atoms with Gasteiger partial charge in [-0.25, -0.2) is 8.78 Å². The van der Waals surface area contributed by atoms with Gasteiger partial charge in [-0.15, -0.1) is 0 Å². The summed E-state index contributed by atoms with van der Waals surface area (Å²) in [7, 11) is 0. The van der Waals surface area contributed by atoms with Gasteiger partial charge in [-0.2, -0.15) is 0 Å². The van der Waals surface area contributed by atoms with Crippen LogP contribution >= 0.6 is 0 Å². The van der Waals surface area contributed by atoms with Crippen molar-refractivity contribution >= 4 is 17.5 Å². The third-order valence-electron chi connectivity index (χ3n) is 2.61. The molecule has 0 unspecified atom stereocenters. The van der Waals surface area contributed by atoms with Gasteiger partial charge in [-0.3, -0.25) is 9.59 Å². The summed E-state index contributed by atoms with van der Waals surface area (Å²) in [5.74, 6) is -3.32. The predicted molar refractivity (Wildman–Crippen MR) is 62.4 cm³/mol. The van der Waals surface area contributed by atoms with Gasteiger partial charge in [0.1, 0.15) is 11.6 Å². The van der Waals surface area contributed by atoms with Crippen molar-refractivity contribution in [2.75, 3.05) is 31.6 Å². The second kappa shape index (κ2) is 5.75. The molecule has 0 bridgehead atoms. The van der Waals surface area contributed by atoms with Crippen LogP contribution in [-0.2, 0) is 14.3 Å². The van der Waals surface area contributed by atoms with E-state index in [1.54, 1.807) is 0 Å². The first-order valence-electron chi connectivity index (χ1n) is 5.70. The number of halogens is 2. The normalized spacial score (nSPS) is 15.2. The maximum absolute atomic E-state index is 12.9. The molecular formula is C12H12F2N2O3. The quantitative estimate of drug-likeness (QED) is 0.767. The van der Waals surface area contributed by atoms with Gasteiger partial charge < -0.3 is 15.0 Å². The Kier molecular flexibility index (Phi) is 4.06. The Bertz CT molecular complexity index is 481. The second-order valence-electron chi connectivity index (χ2n) is 4.02. The lowest BCUT2D eigenvalue weighted by atomic mass is 10.3. The molecule has 7 heteroatoms. The lowest BCUT2D eigenvalue weighted by Gasteiger charge is -2.26. The van der Waals surface area contributed by atoms with Gasteiger partial charge >= 0.3 is 11.8 Å². The van der Waals surface area contributed by atoms with Gasteiger partial charge in [0, 0.05) is 24.8 Å². The van der Waals surface area contributed by atoms with Crippen LogP contribution in [0.4, 0.5) is 14.5 Å². The number of nitrogens with one attached hydrogen (secondary N) is 1. The third kappa shape index (κ3) is 3.47. The molecule has 5 nitrogen and oxygen atoms in total. The molecule has 102 valence electrons. The number of hydrogen-bond acceptors (Lipinski definition) is 3. The molecule has 2 amide bonds. The Hall–Kier alpha value is -2.02. The molecule has 1 aliphatic rings. The van der Waals surface area contributed by atoms with Crippen molar-refractivity contribution < 1.29 is 23.1 Å². The maximum Gasteiger partial charge on any atom is 0.313 e. The van der Waals surface area contributed by atoms with Crippen molar-refractivity contribution in [3.05, 3.63) is 29.8 Å². The Balaban J connectivity index is 2.01. The Morgan fingerprint density at radius 2 is 1.68 bits per heavy atom. The number of ether oxygens (including phenoxy) is 1. The molecule has 0 radical (unpaired) electrons. The number of nitrogens with zero attached hydrogens (tertiary/aromatic N) is 1. The van der Waals surface area contributed by atoms with Crippen molar-refractivity contribution in [1.82, 2.24) is 4.90 Å². The lowest BCUT2D eigenvalue weighted by molar-refractivity contribution is -0.145. The minimum atomic E-state index is -0.924. The predicted octanol–water partition coefficient (Wildman–Crippen LogP) is 0.762. The largest absolute Gasteiger partial charge is 0.378 e. The molecule has 0 aliphatic carbocycles. The van der Waals surface area contributed by atoms with Crippen LogP contribution in [-0.4, -0.2) is 43.0 Å². The third-order valence-corrected chi connectivity index (χ3v) is 2.61. The molecule has 2 rings (SSSR count). The van der Waals surface area contributed by atoms with E-state index in [1.807, 2.05) is 0 Å². The molecule has 1 aromatic carbocycles. The highest BCUT2D eigenvalue weighted by Crippen LogP contribution is 2.13. The lowest BCUT2D eigenvalue weighted by Crippen LogP contribution is -2.45. The fraction of sp³-hybridized carbons (Fsp3) is 0.333. The summed E-state index contributed by atoms with van der Waals surface area (Å²) >= 11 is 0. The van der Waals surface area contributed by atoms with Gasteiger partial charge in [-0.1, -0.05) is 0 Å². The second-order valence-corrected chi connectivity index (χ2v) is 4.02. The molecule has 0 atom stereocenters. The standard InChI is InChI=1S/C12H12F2N2O3/c13-8-5-9(14)7-10(6-8)15-11(17)12(18)16-1-3-19-4-2-16/h5-7H,1-4H2,(H,15,17). The fourth-order valence-electron chi connectivity index (χ4n) is 1.72. The van der Waals surface area contributed by atoms with Crippen LogP contribution in [0.25, 0.3) is 0 Å². The molecule has 0 aromatic heterocycles. The smallest absolute Gasteiger partial charge is 0.313 e. The number of morpholine rings is 1. The van der Waals surface area contributed by atoms with E-state index in [2.05, 4.69) is 5.32 Å². The monoisotopic (exact) mass is 270 g/mol. The van der Waals surface area contributed by atoms with Gasteiger partial charge in [-0.05, 0) is 12.1 Å². The van der Waals surface area contributed by atoms with Gasteiger partial charge in [0.25, 0.3) is 0 Å². The maximum atomic E-state index is 12.9. The summed E-state index contributed by atoms with van der Waals surface area (Å²) in [6.07, 6.45) is 0. The van der Waals surface area contributed by atoms with E-state index < -0.39 is 23.4 Å². The highest BCUT2D eigenvalue weighted by Gasteiger charge is 2.23. The van der Waals surface area contributed by atoms with Crippen LogP contribution < -0.4 is 5.32 Å². The minimum absolute atomic E-state index is 0.0934. The highest BCUT2D eigenvalue weighted by molar-refractivity contribution is 6.39. The zero-order chi connectivity index (χ0) is 13.8. The van der Waals surface area contributed by atoms with Gasteiger partial charge in [0.05, 0.1) is 13.2 Å². The van der Waals surface area contributed by atoms with E-state index in [0.29, 0.717) is 32.4 Å². The number of amides is 2. The van der Waals surface area contributed by atoms with Gasteiger partial charge in [0.15, 0.2) is 0 Å². The van der Waals surface area contributed by atoms with Gasteiger partial charge in [0.2, 0.25) is 0 Å². The molecule has 1 saturated heterocycles. The molecule has 0 spiro atoms. The summed E-state index contributed by atoms with van der Waals surface area (Å²) in [5, 5.41) is 2.17. The first-order valence-corrected chi connectivity index (χ1v) is 5.70. The molecule has 0 saturated carbocycles. The Morgan fingerprint density at radius 3 is 2.26 bits per heavy atom. The number of carbonyl (C=O) groups excluding carboxylic acids is 2. The number of anilines is 1. The molecule has 1 fully saturated rings. The number of rotatable bonds is 1. The summed E-state index contributed by atoms with van der Waals surface area (Å²) in [4.78, 5) is 24.7. The van der Waals surface area contributed by atoms with Crippen LogP contribution in [0.3, 0.4) is 0 Å². The average molecular weight is 270 g/mol. The summed E-state index contributed by atoms with van der Waals surface area (Å²) < 4.78 is 30.9. The first-order chi connectivity index (χ1) is 9.06. The first kappa shape index (κ1) is 13.4. The summed E-state index contributed by atoms with van der Waals surface area (Å²) in [6.45, 7) is 1.38. The van der Waals surface area contributed by atoms with E-state index in [0.717, 1.165) is 12.1 Å². The zero-order valence-corrected chi connectivity index (χ0v) is 9.99.